The van der Waals surface area contributed by atoms with Crippen LogP contribution in [0.25, 0.3) is 0 Å². The average Bonchev–Trinajstić information content (AvgIpc) is 3.13. The van der Waals surface area contributed by atoms with Crippen molar-refractivity contribution in [2.45, 2.75) is 130 Å². The lowest BCUT2D eigenvalue weighted by atomic mass is 9.60. The number of alkyl halides is 1. The van der Waals surface area contributed by atoms with E-state index in [1.807, 2.05) is 6.92 Å². The predicted molar refractivity (Wildman–Crippen MR) is 139 cm³/mol. The molecule has 192 valence electrons. The van der Waals surface area contributed by atoms with E-state index in [1.165, 1.54) is 5.57 Å². The number of hydrogen-bond donors (Lipinski definition) is 0. The molecule has 2 saturated carbocycles. The Labute approximate surface area is 204 Å². The van der Waals surface area contributed by atoms with Gasteiger partial charge in [-0.25, -0.2) is 9.18 Å². The van der Waals surface area contributed by atoms with E-state index >= 15 is 4.39 Å². The maximum absolute atomic E-state index is 15.7. The van der Waals surface area contributed by atoms with E-state index in [0.717, 1.165) is 56.7 Å². The molecule has 0 aliphatic heterocycles. The molecule has 0 spiro atoms. The van der Waals surface area contributed by atoms with Gasteiger partial charge in [0.25, 0.3) is 0 Å². The Hall–Kier alpha value is -0.683. The highest BCUT2D eigenvalue weighted by molar-refractivity contribution is 6.73. The van der Waals surface area contributed by atoms with E-state index in [9.17, 15) is 4.79 Å². The van der Waals surface area contributed by atoms with Crippen molar-refractivity contribution in [2.75, 3.05) is 6.61 Å². The highest BCUT2D eigenvalue weighted by Gasteiger charge is 2.52. The number of halogens is 1. The van der Waals surface area contributed by atoms with Gasteiger partial charge in [-0.2, -0.15) is 0 Å². The Morgan fingerprint density at radius 1 is 1.21 bits per heavy atom. The lowest BCUT2D eigenvalue weighted by Crippen LogP contribution is -2.45. The van der Waals surface area contributed by atoms with Crippen molar-refractivity contribution in [3.05, 3.63) is 11.6 Å². The van der Waals surface area contributed by atoms with Crippen LogP contribution in [0.5, 0.6) is 0 Å². The Balaban J connectivity index is 2.04. The second-order valence-corrected chi connectivity index (χ2v) is 16.3. The second-order valence-electron chi connectivity index (χ2n) is 11.6. The smallest absolute Gasteiger partial charge is 0.330 e. The molecule has 3 nitrogen and oxygen atoms in total. The topological polar surface area (TPSA) is 35.5 Å². The standard InChI is InChI=1S/C28H51FO3Si/c1-9-31-26(30)20-22-14-13-18-28(8)23(15-16-24(22)28)21(5)25(29)17-19-27(6,7)32-33(10-2,11-3)12-4/h20-21,23-25H,9-19H2,1-8H3/t21-,23+,24-,25+,28+/m0/s1. The normalized spacial score (nSPS) is 29.1. The summed E-state index contributed by atoms with van der Waals surface area (Å²) in [7, 11) is -1.71. The molecule has 2 aliphatic carbocycles. The number of carbonyl (C=O) groups excluding carboxylic acids is 1. The quantitative estimate of drug-likeness (QED) is 0.160. The van der Waals surface area contributed by atoms with Gasteiger partial charge in [-0.3, -0.25) is 0 Å². The van der Waals surface area contributed by atoms with Gasteiger partial charge >= 0.3 is 5.97 Å². The van der Waals surface area contributed by atoms with Crippen molar-refractivity contribution in [3.8, 4) is 0 Å². The number of esters is 1. The zero-order chi connectivity index (χ0) is 24.9. The summed E-state index contributed by atoms with van der Waals surface area (Å²) in [5.74, 6) is 0.566. The van der Waals surface area contributed by atoms with Gasteiger partial charge in [-0.15, -0.1) is 0 Å². The number of ether oxygens (including phenoxy) is 1. The predicted octanol–water partition coefficient (Wildman–Crippen LogP) is 8.25. The van der Waals surface area contributed by atoms with Crippen LogP contribution in [-0.4, -0.2) is 32.7 Å². The maximum atomic E-state index is 15.7. The van der Waals surface area contributed by atoms with Crippen LogP contribution in [0.3, 0.4) is 0 Å². The lowest BCUT2D eigenvalue weighted by Gasteiger charge is -2.45. The van der Waals surface area contributed by atoms with Crippen molar-refractivity contribution in [3.63, 3.8) is 0 Å². The molecule has 0 amide bonds. The van der Waals surface area contributed by atoms with E-state index < -0.39 is 14.5 Å². The van der Waals surface area contributed by atoms with Crippen LogP contribution in [0, 0.1) is 23.2 Å². The third kappa shape index (κ3) is 6.71. The third-order valence-corrected chi connectivity index (χ3v) is 14.1. The van der Waals surface area contributed by atoms with Crippen molar-refractivity contribution in [1.82, 2.24) is 0 Å². The largest absolute Gasteiger partial charge is 0.463 e. The molecule has 0 radical (unpaired) electrons. The molecule has 5 heteroatoms. The summed E-state index contributed by atoms with van der Waals surface area (Å²) in [4.78, 5) is 12.1. The SMILES string of the molecule is CCOC(=O)C=C1CCC[C@]2(C)[C@@H]([C@H](C)[C@H](F)CCC(C)(C)O[Si](CC)(CC)CC)CC[C@@H]12. The molecule has 2 aliphatic rings. The summed E-state index contributed by atoms with van der Waals surface area (Å²) in [6.07, 6.45) is 7.58. The summed E-state index contributed by atoms with van der Waals surface area (Å²) >= 11 is 0. The minimum Gasteiger partial charge on any atom is -0.463 e. The van der Waals surface area contributed by atoms with Crippen molar-refractivity contribution >= 4 is 14.3 Å². The van der Waals surface area contributed by atoms with Gasteiger partial charge < -0.3 is 9.16 Å². The number of fused-ring (bicyclic) bond motifs is 1. The first-order valence-corrected chi connectivity index (χ1v) is 16.2. The summed E-state index contributed by atoms with van der Waals surface area (Å²) in [6.45, 7) is 17.8. The monoisotopic (exact) mass is 482 g/mol. The Morgan fingerprint density at radius 3 is 2.42 bits per heavy atom. The molecular formula is C28H51FO3Si. The summed E-state index contributed by atoms with van der Waals surface area (Å²) < 4.78 is 27.6. The molecule has 33 heavy (non-hydrogen) atoms. The second kappa shape index (κ2) is 11.8. The van der Waals surface area contributed by atoms with E-state index in [0.29, 0.717) is 24.9 Å². The van der Waals surface area contributed by atoms with E-state index in [-0.39, 0.29) is 22.9 Å². The molecule has 0 aromatic heterocycles. The highest BCUT2D eigenvalue weighted by atomic mass is 28.4. The Bertz CT molecular complexity index is 664. The zero-order valence-corrected chi connectivity index (χ0v) is 23.8. The molecule has 0 heterocycles. The van der Waals surface area contributed by atoms with Crippen LogP contribution in [0.2, 0.25) is 18.1 Å². The molecule has 0 N–H and O–H groups in total. The van der Waals surface area contributed by atoms with Crippen LogP contribution in [-0.2, 0) is 14.0 Å². The fourth-order valence-electron chi connectivity index (χ4n) is 7.06. The van der Waals surface area contributed by atoms with Crippen molar-refractivity contribution in [1.29, 1.82) is 0 Å². The molecule has 0 unspecified atom stereocenters. The van der Waals surface area contributed by atoms with Crippen LogP contribution in [0.4, 0.5) is 4.39 Å². The van der Waals surface area contributed by atoms with Gasteiger partial charge in [0.05, 0.1) is 12.2 Å². The van der Waals surface area contributed by atoms with Gasteiger partial charge in [0.1, 0.15) is 6.17 Å². The van der Waals surface area contributed by atoms with Gasteiger partial charge in [0.2, 0.25) is 0 Å². The number of allylic oxidation sites excluding steroid dienone is 1. The Morgan fingerprint density at radius 2 is 1.85 bits per heavy atom. The van der Waals surface area contributed by atoms with Gasteiger partial charge in [0.15, 0.2) is 8.32 Å². The maximum Gasteiger partial charge on any atom is 0.330 e. The minimum absolute atomic E-state index is 0.0308. The van der Waals surface area contributed by atoms with Crippen LogP contribution in [0.1, 0.15) is 100 Å². The third-order valence-electron chi connectivity index (χ3n) is 9.28. The van der Waals surface area contributed by atoms with Gasteiger partial charge in [-0.1, -0.05) is 40.2 Å². The van der Waals surface area contributed by atoms with Crippen molar-refractivity contribution in [2.24, 2.45) is 23.2 Å². The van der Waals surface area contributed by atoms with E-state index in [1.54, 1.807) is 6.08 Å². The summed E-state index contributed by atoms with van der Waals surface area (Å²) in [5, 5.41) is 0. The summed E-state index contributed by atoms with van der Waals surface area (Å²) in [5.41, 5.74) is 1.06. The summed E-state index contributed by atoms with van der Waals surface area (Å²) in [6, 6.07) is 3.38. The van der Waals surface area contributed by atoms with Gasteiger partial charge in [-0.05, 0) is 107 Å². The van der Waals surface area contributed by atoms with E-state index in [4.69, 9.17) is 9.16 Å². The molecule has 0 saturated heterocycles. The fraction of sp³-hybridized carbons (Fsp3) is 0.893. The Kier molecular flexibility index (Phi) is 10.2. The van der Waals surface area contributed by atoms with Gasteiger partial charge in [0, 0.05) is 6.08 Å². The minimum atomic E-state index is -1.71. The number of hydrogen-bond acceptors (Lipinski definition) is 3. The van der Waals surface area contributed by atoms with Crippen LogP contribution >= 0.6 is 0 Å². The number of carbonyl (C=O) groups is 1. The zero-order valence-electron chi connectivity index (χ0n) is 22.8. The molecule has 5 atom stereocenters. The van der Waals surface area contributed by atoms with Crippen LogP contribution in [0.15, 0.2) is 11.6 Å². The molecule has 0 aromatic rings. The molecular weight excluding hydrogens is 431 g/mol. The first-order valence-electron chi connectivity index (χ1n) is 13.7. The van der Waals surface area contributed by atoms with Crippen LogP contribution < -0.4 is 0 Å². The first kappa shape index (κ1) is 28.6. The molecule has 2 fully saturated rings. The fourth-order valence-corrected chi connectivity index (χ4v) is 10.3. The van der Waals surface area contributed by atoms with Crippen molar-refractivity contribution < 1.29 is 18.3 Å². The molecule has 2 rings (SSSR count). The highest BCUT2D eigenvalue weighted by Crippen LogP contribution is 2.60. The molecule has 0 aromatic carbocycles. The average molecular weight is 483 g/mol. The first-order chi connectivity index (χ1) is 15.5. The molecule has 0 bridgehead atoms. The lowest BCUT2D eigenvalue weighted by molar-refractivity contribution is -0.137. The number of rotatable bonds is 12. The van der Waals surface area contributed by atoms with E-state index in [2.05, 4.69) is 48.5 Å².